The lowest BCUT2D eigenvalue weighted by Crippen LogP contribution is -2.47. The highest BCUT2D eigenvalue weighted by Gasteiger charge is 2.37. The summed E-state index contributed by atoms with van der Waals surface area (Å²) in [5.41, 5.74) is -0.0888. The molecule has 19 heavy (non-hydrogen) atoms. The van der Waals surface area contributed by atoms with Crippen LogP contribution in [0.3, 0.4) is 0 Å². The highest BCUT2D eigenvalue weighted by Crippen LogP contribution is 2.32. The zero-order chi connectivity index (χ0) is 13.1. The summed E-state index contributed by atoms with van der Waals surface area (Å²) in [5, 5.41) is 13.2. The van der Waals surface area contributed by atoms with Gasteiger partial charge in [0.05, 0.1) is 31.8 Å². The molecule has 1 fully saturated rings. The second kappa shape index (κ2) is 5.36. The molecular formula is C12H14N2O4S. The Morgan fingerprint density at radius 1 is 1.42 bits per heavy atom. The number of rotatable bonds is 6. The normalized spacial score (nSPS) is 17.3. The molecule has 0 bridgehead atoms. The highest BCUT2D eigenvalue weighted by atomic mass is 32.2. The summed E-state index contributed by atoms with van der Waals surface area (Å²) in [7, 11) is 0. The Morgan fingerprint density at radius 2 is 2.32 bits per heavy atom. The lowest BCUT2D eigenvalue weighted by molar-refractivity contribution is -0.121. The van der Waals surface area contributed by atoms with E-state index in [0.717, 1.165) is 5.75 Å². The SMILES string of the molecule is OCC1(CSCc2nc(-c3ccco3)no2)COC1. The maximum atomic E-state index is 9.31. The fourth-order valence-corrected chi connectivity index (χ4v) is 2.87. The monoisotopic (exact) mass is 282 g/mol. The van der Waals surface area contributed by atoms with Gasteiger partial charge in [-0.2, -0.15) is 16.7 Å². The molecule has 1 saturated heterocycles. The van der Waals surface area contributed by atoms with Crippen LogP contribution in [0.25, 0.3) is 11.6 Å². The molecule has 2 aromatic heterocycles. The van der Waals surface area contributed by atoms with Gasteiger partial charge in [-0.15, -0.1) is 0 Å². The zero-order valence-electron chi connectivity index (χ0n) is 10.2. The maximum absolute atomic E-state index is 9.31. The quantitative estimate of drug-likeness (QED) is 0.861. The van der Waals surface area contributed by atoms with Crippen molar-refractivity contribution in [3.63, 3.8) is 0 Å². The number of furan rings is 1. The average molecular weight is 282 g/mol. The van der Waals surface area contributed by atoms with Crippen molar-refractivity contribution < 1.29 is 18.8 Å². The third kappa shape index (κ3) is 2.68. The number of thioether (sulfide) groups is 1. The Labute approximate surface area is 114 Å². The van der Waals surface area contributed by atoms with Crippen molar-refractivity contribution in [2.24, 2.45) is 5.41 Å². The molecule has 0 unspecified atom stereocenters. The van der Waals surface area contributed by atoms with E-state index in [4.69, 9.17) is 13.7 Å². The molecule has 0 amide bonds. The summed E-state index contributed by atoms with van der Waals surface area (Å²) >= 11 is 1.66. The number of aliphatic hydroxyl groups excluding tert-OH is 1. The van der Waals surface area contributed by atoms with Gasteiger partial charge in [-0.3, -0.25) is 0 Å². The van der Waals surface area contributed by atoms with Crippen molar-refractivity contribution >= 4 is 11.8 Å². The van der Waals surface area contributed by atoms with Crippen LogP contribution in [0.15, 0.2) is 27.3 Å². The van der Waals surface area contributed by atoms with Gasteiger partial charge in [-0.25, -0.2) is 0 Å². The Balaban J connectivity index is 1.53. The van der Waals surface area contributed by atoms with E-state index < -0.39 is 0 Å². The minimum Gasteiger partial charge on any atom is -0.461 e. The largest absolute Gasteiger partial charge is 0.461 e. The van der Waals surface area contributed by atoms with E-state index >= 15 is 0 Å². The minimum absolute atomic E-state index is 0.0888. The summed E-state index contributed by atoms with van der Waals surface area (Å²) in [4.78, 5) is 4.26. The van der Waals surface area contributed by atoms with Crippen LogP contribution in [0, 0.1) is 5.41 Å². The topological polar surface area (TPSA) is 81.5 Å². The molecule has 1 aliphatic heterocycles. The molecule has 0 aromatic carbocycles. The van der Waals surface area contributed by atoms with Gasteiger partial charge in [0.1, 0.15) is 0 Å². The van der Waals surface area contributed by atoms with Crippen molar-refractivity contribution in [2.75, 3.05) is 25.6 Å². The van der Waals surface area contributed by atoms with Gasteiger partial charge in [0.2, 0.25) is 11.7 Å². The molecule has 3 rings (SSSR count). The Morgan fingerprint density at radius 3 is 2.95 bits per heavy atom. The lowest BCUT2D eigenvalue weighted by Gasteiger charge is -2.39. The van der Waals surface area contributed by atoms with Crippen molar-refractivity contribution in [2.45, 2.75) is 5.75 Å². The number of hydrogen-bond acceptors (Lipinski definition) is 7. The van der Waals surface area contributed by atoms with Crippen LogP contribution in [0.2, 0.25) is 0 Å². The van der Waals surface area contributed by atoms with Crippen LogP contribution >= 0.6 is 11.8 Å². The van der Waals surface area contributed by atoms with Gasteiger partial charge in [0.25, 0.3) is 0 Å². The van der Waals surface area contributed by atoms with Crippen molar-refractivity contribution in [3.8, 4) is 11.6 Å². The van der Waals surface area contributed by atoms with E-state index in [0.29, 0.717) is 36.4 Å². The average Bonchev–Trinajstić information content (AvgIpc) is 3.02. The first-order valence-corrected chi connectivity index (χ1v) is 7.10. The predicted octanol–water partition coefficient (Wildman–Crippen LogP) is 1.57. The molecule has 7 heteroatoms. The minimum atomic E-state index is -0.0888. The molecule has 2 aromatic rings. The fourth-order valence-electron chi connectivity index (χ4n) is 1.79. The Bertz CT molecular complexity index is 516. The van der Waals surface area contributed by atoms with Gasteiger partial charge in [-0.05, 0) is 12.1 Å². The predicted molar refractivity (Wildman–Crippen MR) is 68.5 cm³/mol. The summed E-state index contributed by atoms with van der Waals surface area (Å²) in [5.74, 6) is 3.06. The van der Waals surface area contributed by atoms with Gasteiger partial charge in [0.15, 0.2) is 5.76 Å². The fraction of sp³-hybridized carbons (Fsp3) is 0.500. The van der Waals surface area contributed by atoms with Gasteiger partial charge in [0, 0.05) is 11.2 Å². The van der Waals surface area contributed by atoms with Gasteiger partial charge in [-0.1, -0.05) is 5.16 Å². The molecule has 0 spiro atoms. The molecule has 0 atom stereocenters. The third-order valence-electron chi connectivity index (χ3n) is 3.00. The third-order valence-corrected chi connectivity index (χ3v) is 4.26. The van der Waals surface area contributed by atoms with E-state index in [9.17, 15) is 5.11 Å². The number of aliphatic hydroxyl groups is 1. The van der Waals surface area contributed by atoms with Gasteiger partial charge >= 0.3 is 0 Å². The second-order valence-corrected chi connectivity index (χ2v) is 5.62. The number of ether oxygens (including phenoxy) is 1. The molecule has 0 saturated carbocycles. The number of hydrogen-bond donors (Lipinski definition) is 1. The van der Waals surface area contributed by atoms with Crippen molar-refractivity contribution in [1.82, 2.24) is 10.1 Å². The molecule has 1 aliphatic rings. The highest BCUT2D eigenvalue weighted by molar-refractivity contribution is 7.98. The Hall–Kier alpha value is -1.31. The standard InChI is InChI=1S/C12H14N2O4S/c15-5-12(6-16-7-12)8-19-4-10-13-11(14-18-10)9-2-1-3-17-9/h1-3,15H,4-8H2. The molecule has 3 heterocycles. The molecule has 0 aliphatic carbocycles. The molecule has 102 valence electrons. The van der Waals surface area contributed by atoms with E-state index in [1.54, 1.807) is 30.2 Å². The van der Waals surface area contributed by atoms with Crippen LogP contribution in [-0.4, -0.2) is 40.8 Å². The Kier molecular flexibility index (Phi) is 3.58. The van der Waals surface area contributed by atoms with Crippen molar-refractivity contribution in [1.29, 1.82) is 0 Å². The first kappa shape index (κ1) is 12.7. The van der Waals surface area contributed by atoms with E-state index in [1.807, 2.05) is 0 Å². The van der Waals surface area contributed by atoms with Crippen LogP contribution in [-0.2, 0) is 10.5 Å². The smallest absolute Gasteiger partial charge is 0.238 e. The molecule has 6 nitrogen and oxygen atoms in total. The van der Waals surface area contributed by atoms with Crippen LogP contribution in [0.1, 0.15) is 5.89 Å². The molecule has 1 N–H and O–H groups in total. The summed E-state index contributed by atoms with van der Waals surface area (Å²) in [6, 6.07) is 3.57. The van der Waals surface area contributed by atoms with E-state index in [2.05, 4.69) is 10.1 Å². The summed E-state index contributed by atoms with van der Waals surface area (Å²) < 4.78 is 15.5. The van der Waals surface area contributed by atoms with Crippen LogP contribution < -0.4 is 0 Å². The van der Waals surface area contributed by atoms with Crippen LogP contribution in [0.4, 0.5) is 0 Å². The number of aromatic nitrogens is 2. The van der Waals surface area contributed by atoms with Crippen LogP contribution in [0.5, 0.6) is 0 Å². The first-order valence-electron chi connectivity index (χ1n) is 5.94. The maximum Gasteiger partial charge on any atom is 0.238 e. The molecular weight excluding hydrogens is 268 g/mol. The van der Waals surface area contributed by atoms with E-state index in [1.165, 1.54) is 0 Å². The van der Waals surface area contributed by atoms with Gasteiger partial charge < -0.3 is 18.8 Å². The zero-order valence-corrected chi connectivity index (χ0v) is 11.1. The lowest BCUT2D eigenvalue weighted by atomic mass is 9.90. The summed E-state index contributed by atoms with van der Waals surface area (Å²) in [6.45, 7) is 1.40. The molecule has 0 radical (unpaired) electrons. The number of nitrogens with zero attached hydrogens (tertiary/aromatic N) is 2. The summed E-state index contributed by atoms with van der Waals surface area (Å²) in [6.07, 6.45) is 1.57. The van der Waals surface area contributed by atoms with E-state index in [-0.39, 0.29) is 12.0 Å². The van der Waals surface area contributed by atoms with Crippen molar-refractivity contribution in [3.05, 3.63) is 24.3 Å². The first-order chi connectivity index (χ1) is 9.31. The second-order valence-electron chi connectivity index (χ2n) is 4.63.